The molecule has 0 saturated carbocycles. The van der Waals surface area contributed by atoms with Gasteiger partial charge >= 0.3 is 0 Å². The highest BCUT2D eigenvalue weighted by Gasteiger charge is 2.22. The minimum absolute atomic E-state index is 0.129. The first kappa shape index (κ1) is 20.9. The number of guanidine groups is 1. The van der Waals surface area contributed by atoms with Crippen molar-refractivity contribution in [3.05, 3.63) is 69.9 Å². The molecule has 2 unspecified atom stereocenters. The lowest BCUT2D eigenvalue weighted by atomic mass is 9.97. The molecule has 2 aromatic rings. The summed E-state index contributed by atoms with van der Waals surface area (Å²) in [5.74, 6) is -0.334. The molecule has 2 atom stereocenters. The summed E-state index contributed by atoms with van der Waals surface area (Å²) in [5, 5.41) is 6.03. The van der Waals surface area contributed by atoms with E-state index in [9.17, 15) is 9.18 Å². The molecular weight excluding hydrogens is 395 g/mol. The van der Waals surface area contributed by atoms with Gasteiger partial charge in [-0.1, -0.05) is 31.5 Å². The van der Waals surface area contributed by atoms with Crippen LogP contribution in [0.1, 0.15) is 59.0 Å². The number of hydrogen-bond acceptors (Lipinski definition) is 5. The Kier molecular flexibility index (Phi) is 6.24. The average molecular weight is 419 g/mol. The molecule has 2 heterocycles. The molecule has 0 saturated heterocycles. The lowest BCUT2D eigenvalue weighted by Crippen LogP contribution is -2.33. The Morgan fingerprint density at radius 1 is 1.31 bits per heavy atom. The van der Waals surface area contributed by atoms with Crippen LogP contribution < -0.4 is 22.1 Å². The van der Waals surface area contributed by atoms with Crippen LogP contribution in [0, 0.1) is 5.82 Å². The number of aliphatic imine (C=N–C) groups is 1. The molecule has 7 N–H and O–H groups in total. The summed E-state index contributed by atoms with van der Waals surface area (Å²) in [5.41, 5.74) is 14.0. The van der Waals surface area contributed by atoms with E-state index in [0.717, 1.165) is 5.56 Å². The van der Waals surface area contributed by atoms with Crippen molar-refractivity contribution in [1.82, 2.24) is 15.6 Å². The van der Waals surface area contributed by atoms with Crippen LogP contribution in [0.5, 0.6) is 0 Å². The van der Waals surface area contributed by atoms with Crippen LogP contribution >= 0.6 is 11.6 Å². The molecule has 0 spiro atoms. The summed E-state index contributed by atoms with van der Waals surface area (Å²) in [4.78, 5) is 19.9. The normalized spacial score (nSPS) is 17.4. The second kappa shape index (κ2) is 8.67. The zero-order valence-electron chi connectivity index (χ0n) is 16.2. The van der Waals surface area contributed by atoms with E-state index in [1.165, 1.54) is 12.1 Å². The van der Waals surface area contributed by atoms with E-state index < -0.39 is 12.1 Å². The number of halogens is 2. The van der Waals surface area contributed by atoms with Gasteiger partial charge in [0.15, 0.2) is 5.96 Å². The molecule has 0 fully saturated rings. The summed E-state index contributed by atoms with van der Waals surface area (Å²) < 4.78 is 14.0. The van der Waals surface area contributed by atoms with Gasteiger partial charge < -0.3 is 27.1 Å². The summed E-state index contributed by atoms with van der Waals surface area (Å²) in [6, 6.07) is 5.38. The number of aromatic nitrogens is 1. The average Bonchev–Trinajstić information content (AvgIpc) is 3.17. The lowest BCUT2D eigenvalue weighted by Gasteiger charge is -2.19. The van der Waals surface area contributed by atoms with Crippen LogP contribution in [0.15, 0.2) is 46.7 Å². The third kappa shape index (κ3) is 4.78. The Bertz CT molecular complexity index is 968. The molecule has 29 heavy (non-hydrogen) atoms. The predicted octanol–water partition coefficient (Wildman–Crippen LogP) is 2.75. The van der Waals surface area contributed by atoms with E-state index >= 15 is 0 Å². The number of aromatic amines is 1. The molecule has 7 nitrogen and oxygen atoms in total. The number of nitrogens with one attached hydrogen (secondary N) is 3. The van der Waals surface area contributed by atoms with Gasteiger partial charge in [0.05, 0.1) is 11.1 Å². The molecule has 1 aromatic carbocycles. The summed E-state index contributed by atoms with van der Waals surface area (Å²) in [6.07, 6.45) is 3.20. The van der Waals surface area contributed by atoms with E-state index in [1.807, 2.05) is 19.9 Å². The van der Waals surface area contributed by atoms with Gasteiger partial charge in [0.2, 0.25) is 0 Å². The maximum atomic E-state index is 14.0. The molecule has 1 aromatic heterocycles. The van der Waals surface area contributed by atoms with Crippen molar-refractivity contribution in [3.8, 4) is 0 Å². The van der Waals surface area contributed by atoms with Crippen molar-refractivity contribution in [2.24, 2.45) is 16.5 Å². The summed E-state index contributed by atoms with van der Waals surface area (Å²) >= 11 is 6.18. The highest BCUT2D eigenvalue weighted by molar-refractivity contribution is 6.30. The third-order valence-corrected chi connectivity index (χ3v) is 5.02. The maximum Gasteiger partial charge on any atom is 0.268 e. The first-order chi connectivity index (χ1) is 13.8. The smallest absolute Gasteiger partial charge is 0.268 e. The molecule has 0 aliphatic carbocycles. The molecule has 3 rings (SSSR count). The van der Waals surface area contributed by atoms with Crippen molar-refractivity contribution in [2.75, 3.05) is 6.54 Å². The Morgan fingerprint density at radius 3 is 2.72 bits per heavy atom. The van der Waals surface area contributed by atoms with Crippen molar-refractivity contribution >= 4 is 23.5 Å². The fourth-order valence-electron chi connectivity index (χ4n) is 3.08. The van der Waals surface area contributed by atoms with Crippen molar-refractivity contribution in [2.45, 2.75) is 31.8 Å². The number of hydrogen-bond donors (Lipinski definition) is 5. The van der Waals surface area contributed by atoms with Gasteiger partial charge in [-0.3, -0.25) is 4.79 Å². The first-order valence-electron chi connectivity index (χ1n) is 9.23. The van der Waals surface area contributed by atoms with Crippen LogP contribution in [0.3, 0.4) is 0 Å². The minimum Gasteiger partial charge on any atom is -0.370 e. The molecule has 154 valence electrons. The highest BCUT2D eigenvalue weighted by Crippen LogP contribution is 2.30. The third-order valence-electron chi connectivity index (χ3n) is 4.71. The van der Waals surface area contributed by atoms with Crippen molar-refractivity contribution in [1.29, 1.82) is 0 Å². The van der Waals surface area contributed by atoms with E-state index in [2.05, 4.69) is 20.6 Å². The first-order valence-corrected chi connectivity index (χ1v) is 9.61. The van der Waals surface area contributed by atoms with Crippen LogP contribution in [0.25, 0.3) is 0 Å². The number of amides is 1. The monoisotopic (exact) mass is 418 g/mol. The van der Waals surface area contributed by atoms with Gasteiger partial charge in [-0.2, -0.15) is 0 Å². The van der Waals surface area contributed by atoms with Gasteiger partial charge in [-0.05, 0) is 35.2 Å². The molecule has 9 heteroatoms. The summed E-state index contributed by atoms with van der Waals surface area (Å²) in [6.45, 7) is 4.08. The number of carbonyl (C=O) groups excluding carboxylic acids is 1. The Balaban J connectivity index is 1.78. The largest absolute Gasteiger partial charge is 0.370 e. The molecule has 1 aliphatic rings. The number of rotatable bonds is 6. The van der Waals surface area contributed by atoms with Crippen LogP contribution in [0.4, 0.5) is 4.39 Å². The van der Waals surface area contributed by atoms with Gasteiger partial charge in [0, 0.05) is 24.5 Å². The van der Waals surface area contributed by atoms with Crippen LogP contribution in [0.2, 0.25) is 0 Å². The van der Waals surface area contributed by atoms with Crippen molar-refractivity contribution < 1.29 is 9.18 Å². The van der Waals surface area contributed by atoms with Gasteiger partial charge in [-0.25, -0.2) is 9.38 Å². The number of nitrogens with zero attached hydrogens (tertiary/aromatic N) is 1. The van der Waals surface area contributed by atoms with E-state index in [4.69, 9.17) is 23.1 Å². The fourth-order valence-corrected chi connectivity index (χ4v) is 3.31. The maximum absolute atomic E-state index is 14.0. The minimum atomic E-state index is -0.529. The quantitative estimate of drug-likeness (QED) is 0.495. The van der Waals surface area contributed by atoms with Gasteiger partial charge in [0.1, 0.15) is 17.6 Å². The second-order valence-corrected chi connectivity index (χ2v) is 7.61. The predicted molar refractivity (Wildman–Crippen MR) is 112 cm³/mol. The van der Waals surface area contributed by atoms with E-state index in [1.54, 1.807) is 18.5 Å². The molecule has 1 amide bonds. The number of benzene rings is 1. The Hall–Kier alpha value is -2.84. The van der Waals surface area contributed by atoms with E-state index in [0.29, 0.717) is 21.9 Å². The van der Waals surface area contributed by atoms with Gasteiger partial charge in [-0.15, -0.1) is 0 Å². The second-order valence-electron chi connectivity index (χ2n) is 7.17. The zero-order valence-corrected chi connectivity index (χ0v) is 16.9. The molecule has 1 aliphatic heterocycles. The molecule has 0 radical (unpaired) electrons. The fraction of sp³-hybridized carbons (Fsp3) is 0.300. The molecular formula is C20H24ClFN6O. The van der Waals surface area contributed by atoms with Crippen LogP contribution in [-0.4, -0.2) is 23.4 Å². The highest BCUT2D eigenvalue weighted by atomic mass is 35.5. The van der Waals surface area contributed by atoms with E-state index in [-0.39, 0.29) is 30.1 Å². The standard InChI is InChI=1S/C20H24ClFN6O/c1-10(2)11-3-12(5-14(22)4-11)17(7-23)27-19(29)16-6-13(8-25-16)18-15(21)9-26-20(24)28-18/h3-6,8-10,17-18,25H,7,23H2,1-2H3,(H,27,29)(H3,24,26,28). The Morgan fingerprint density at radius 2 is 2.03 bits per heavy atom. The summed E-state index contributed by atoms with van der Waals surface area (Å²) in [7, 11) is 0. The zero-order chi connectivity index (χ0) is 21.1. The lowest BCUT2D eigenvalue weighted by molar-refractivity contribution is 0.0933. The number of H-pyrrole nitrogens is 1. The SMILES string of the molecule is CC(C)c1cc(F)cc(C(CN)NC(=O)c2cc(C3N=C(N)NC=C3Cl)c[nH]2)c1. The topological polar surface area (TPSA) is 121 Å². The Labute approximate surface area is 173 Å². The number of nitrogens with two attached hydrogens (primary N) is 2. The number of carbonyl (C=O) groups is 1. The van der Waals surface area contributed by atoms with Gasteiger partial charge in [0.25, 0.3) is 5.91 Å². The van der Waals surface area contributed by atoms with Crippen molar-refractivity contribution in [3.63, 3.8) is 0 Å². The molecule has 0 bridgehead atoms. The van der Waals surface area contributed by atoms with Crippen LogP contribution in [-0.2, 0) is 0 Å².